The molecule has 36 heavy (non-hydrogen) atoms. The van der Waals surface area contributed by atoms with Crippen LogP contribution in [0.4, 0.5) is 24.8 Å². The monoisotopic (exact) mass is 503 g/mol. The Morgan fingerprint density at radius 3 is 2.47 bits per heavy atom. The van der Waals surface area contributed by atoms with Crippen LogP contribution in [0.15, 0.2) is 36.4 Å². The molecule has 2 atom stereocenters. The molecule has 1 N–H and O–H groups in total. The van der Waals surface area contributed by atoms with Crippen molar-refractivity contribution in [3.63, 3.8) is 0 Å². The molecule has 1 heterocycles. The quantitative estimate of drug-likeness (QED) is 0.359. The molecule has 0 radical (unpaired) electrons. The molecule has 0 spiro atoms. The maximum atomic E-state index is 12.5. The number of ether oxygens (including phenoxy) is 2. The van der Waals surface area contributed by atoms with Gasteiger partial charge >= 0.3 is 12.3 Å². The fourth-order valence-corrected chi connectivity index (χ4v) is 5.75. The highest BCUT2D eigenvalue weighted by Crippen LogP contribution is 2.43. The summed E-state index contributed by atoms with van der Waals surface area (Å²) in [6.07, 6.45) is -1.37. The summed E-state index contributed by atoms with van der Waals surface area (Å²) in [5.41, 5.74) is 3.55. The molecule has 0 aliphatic heterocycles. The number of aryl methyl sites for hydroxylation is 1. The summed E-state index contributed by atoms with van der Waals surface area (Å²) in [5.74, 6) is 0.888. The number of nitrogens with one attached hydrogen (secondary N) is 1. The Morgan fingerprint density at radius 1 is 1.17 bits per heavy atom. The first-order valence-electron chi connectivity index (χ1n) is 12.1. The van der Waals surface area contributed by atoms with Crippen LogP contribution in [0.5, 0.6) is 5.75 Å². The van der Waals surface area contributed by atoms with E-state index in [9.17, 15) is 18.0 Å². The molecular weight excluding hydrogens is 471 g/mol. The van der Waals surface area contributed by atoms with E-state index in [-0.39, 0.29) is 11.2 Å². The number of nitrogens with zero attached hydrogens (tertiary/aromatic N) is 2. The number of esters is 1. The van der Waals surface area contributed by atoms with Crippen molar-refractivity contribution in [1.82, 2.24) is 9.55 Å². The topological polar surface area (TPSA) is 65.4 Å². The third-order valence-corrected chi connectivity index (χ3v) is 6.84. The lowest BCUT2D eigenvalue weighted by atomic mass is 9.68. The number of carbonyl (C=O) groups is 1. The predicted molar refractivity (Wildman–Crippen MR) is 133 cm³/mol. The van der Waals surface area contributed by atoms with E-state index < -0.39 is 12.3 Å². The summed E-state index contributed by atoms with van der Waals surface area (Å²) >= 11 is 0. The molecule has 1 aliphatic rings. The van der Waals surface area contributed by atoms with Crippen LogP contribution in [0.2, 0.25) is 0 Å². The average Bonchev–Trinajstić information content (AvgIpc) is 3.10. The Balaban J connectivity index is 1.72. The normalized spacial score (nSPS) is 19.8. The lowest BCUT2D eigenvalue weighted by Gasteiger charge is -2.39. The van der Waals surface area contributed by atoms with Gasteiger partial charge in [-0.1, -0.05) is 20.8 Å². The molecule has 1 aromatic heterocycles. The second-order valence-corrected chi connectivity index (χ2v) is 10.6. The Bertz CT molecular complexity index is 1250. The summed E-state index contributed by atoms with van der Waals surface area (Å²) in [4.78, 5) is 17.1. The molecule has 0 saturated heterocycles. The highest BCUT2D eigenvalue weighted by Gasteiger charge is 2.33. The fraction of sp³-hybridized carbons (Fsp3) is 0.481. The highest BCUT2D eigenvalue weighted by atomic mass is 19.4. The molecule has 1 fully saturated rings. The van der Waals surface area contributed by atoms with Gasteiger partial charge in [0, 0.05) is 12.2 Å². The van der Waals surface area contributed by atoms with Crippen LogP contribution < -0.4 is 10.1 Å². The standard InChI is InChI=1S/C27H32F3N3O3/c1-16-12-18(14-26(3,4)13-16)15-33-22-11-10-21(24(34)35-5)17(2)23(22)32-25(33)31-19-6-8-20(9-7-19)36-27(28,29)30/h6-11,16,18H,12-15H2,1-5H3,(H,31,32)/t16?,18-/m1/s1. The van der Waals surface area contributed by atoms with Gasteiger partial charge in [-0.25, -0.2) is 9.78 Å². The van der Waals surface area contributed by atoms with Gasteiger partial charge in [0.15, 0.2) is 0 Å². The second kappa shape index (κ2) is 9.67. The average molecular weight is 504 g/mol. The van der Waals surface area contributed by atoms with Gasteiger partial charge in [0.25, 0.3) is 0 Å². The van der Waals surface area contributed by atoms with Gasteiger partial charge in [-0.15, -0.1) is 13.2 Å². The zero-order chi connectivity index (χ0) is 26.3. The molecule has 1 aliphatic carbocycles. The number of fused-ring (bicyclic) bond motifs is 1. The number of benzene rings is 2. The first-order chi connectivity index (χ1) is 16.8. The highest BCUT2D eigenvalue weighted by molar-refractivity contribution is 5.97. The molecule has 3 aromatic rings. The Hall–Kier alpha value is -3.23. The van der Waals surface area contributed by atoms with E-state index in [0.717, 1.165) is 24.9 Å². The van der Waals surface area contributed by atoms with Crippen molar-refractivity contribution in [1.29, 1.82) is 0 Å². The number of halogens is 3. The summed E-state index contributed by atoms with van der Waals surface area (Å²) in [5, 5.41) is 3.26. The molecule has 1 unspecified atom stereocenters. The molecule has 0 amide bonds. The van der Waals surface area contributed by atoms with Crippen molar-refractivity contribution in [3.05, 3.63) is 47.5 Å². The predicted octanol–water partition coefficient (Wildman–Crippen LogP) is 7.24. The van der Waals surface area contributed by atoms with Gasteiger partial charge < -0.3 is 19.4 Å². The Morgan fingerprint density at radius 2 is 1.86 bits per heavy atom. The van der Waals surface area contributed by atoms with Gasteiger partial charge in [0.2, 0.25) is 5.95 Å². The number of imidazole rings is 1. The second-order valence-electron chi connectivity index (χ2n) is 10.6. The van der Waals surface area contributed by atoms with Crippen LogP contribution in [-0.2, 0) is 11.3 Å². The summed E-state index contributed by atoms with van der Waals surface area (Å²) in [7, 11) is 1.34. The molecule has 194 valence electrons. The molecule has 6 nitrogen and oxygen atoms in total. The van der Waals surface area contributed by atoms with Crippen molar-refractivity contribution < 1.29 is 27.4 Å². The summed E-state index contributed by atoms with van der Waals surface area (Å²) < 4.78 is 48.6. The fourth-order valence-electron chi connectivity index (χ4n) is 5.75. The number of hydrogen-bond acceptors (Lipinski definition) is 5. The van der Waals surface area contributed by atoms with E-state index in [4.69, 9.17) is 9.72 Å². The Kier molecular flexibility index (Phi) is 6.94. The number of anilines is 2. The third-order valence-electron chi connectivity index (χ3n) is 6.84. The van der Waals surface area contributed by atoms with Crippen LogP contribution in [0.25, 0.3) is 11.0 Å². The van der Waals surface area contributed by atoms with Crippen LogP contribution in [0, 0.1) is 24.2 Å². The number of aromatic nitrogens is 2. The molecule has 0 bridgehead atoms. The molecular formula is C27H32F3N3O3. The van der Waals surface area contributed by atoms with Crippen LogP contribution in [-0.4, -0.2) is 29.0 Å². The molecule has 1 saturated carbocycles. The maximum absolute atomic E-state index is 12.5. The van der Waals surface area contributed by atoms with E-state index in [1.807, 2.05) is 13.0 Å². The number of methoxy groups -OCH3 is 1. The lowest BCUT2D eigenvalue weighted by molar-refractivity contribution is -0.274. The van der Waals surface area contributed by atoms with Crippen molar-refractivity contribution >= 4 is 28.6 Å². The van der Waals surface area contributed by atoms with Gasteiger partial charge in [0.1, 0.15) is 5.75 Å². The third kappa shape index (κ3) is 5.77. The van der Waals surface area contributed by atoms with Crippen molar-refractivity contribution in [3.8, 4) is 5.75 Å². The van der Waals surface area contributed by atoms with Crippen LogP contribution >= 0.6 is 0 Å². The van der Waals surface area contributed by atoms with Gasteiger partial charge in [-0.3, -0.25) is 0 Å². The van der Waals surface area contributed by atoms with Crippen LogP contribution in [0.1, 0.15) is 56.0 Å². The minimum absolute atomic E-state index is 0.245. The van der Waals surface area contributed by atoms with Crippen molar-refractivity contribution in [2.45, 2.75) is 59.9 Å². The smallest absolute Gasteiger partial charge is 0.465 e. The van der Waals surface area contributed by atoms with Crippen molar-refractivity contribution in [2.24, 2.45) is 17.3 Å². The van der Waals surface area contributed by atoms with E-state index in [0.29, 0.717) is 40.1 Å². The number of hydrogen-bond donors (Lipinski definition) is 1. The summed E-state index contributed by atoms with van der Waals surface area (Å²) in [6, 6.07) is 9.18. The lowest BCUT2D eigenvalue weighted by Crippen LogP contribution is -2.30. The number of carbonyl (C=O) groups excluding carboxylic acids is 1. The van der Waals surface area contributed by atoms with Crippen LogP contribution in [0.3, 0.4) is 0 Å². The maximum Gasteiger partial charge on any atom is 0.573 e. The van der Waals surface area contributed by atoms with E-state index >= 15 is 0 Å². The summed E-state index contributed by atoms with van der Waals surface area (Å²) in [6.45, 7) is 9.47. The Labute approximate surface area is 208 Å². The van der Waals surface area contributed by atoms with Gasteiger partial charge in [-0.05, 0) is 85.4 Å². The van der Waals surface area contributed by atoms with E-state index in [1.165, 1.54) is 37.8 Å². The first-order valence-corrected chi connectivity index (χ1v) is 12.1. The minimum Gasteiger partial charge on any atom is -0.465 e. The zero-order valence-corrected chi connectivity index (χ0v) is 21.2. The molecule has 9 heteroatoms. The zero-order valence-electron chi connectivity index (χ0n) is 21.2. The first kappa shape index (κ1) is 25.9. The van der Waals surface area contributed by atoms with Gasteiger partial charge in [0.05, 0.1) is 23.7 Å². The molecule has 2 aromatic carbocycles. The SMILES string of the molecule is COC(=O)c1ccc2c(nc(Nc3ccc(OC(F)(F)F)cc3)n2C[C@@H]2CC(C)CC(C)(C)C2)c1C. The number of rotatable bonds is 6. The minimum atomic E-state index is -4.75. The van der Waals surface area contributed by atoms with Crippen molar-refractivity contribution in [2.75, 3.05) is 12.4 Å². The van der Waals surface area contributed by atoms with E-state index in [2.05, 4.69) is 35.4 Å². The van der Waals surface area contributed by atoms with E-state index in [1.54, 1.807) is 6.07 Å². The van der Waals surface area contributed by atoms with Gasteiger partial charge in [-0.2, -0.15) is 0 Å². The molecule has 4 rings (SSSR count). The largest absolute Gasteiger partial charge is 0.573 e. The number of alkyl halides is 3.